The minimum absolute atomic E-state index is 0.0109. The van der Waals surface area contributed by atoms with Crippen LogP contribution in [-0.4, -0.2) is 92.5 Å². The number of aliphatic hydroxyl groups is 2. The van der Waals surface area contributed by atoms with E-state index in [-0.39, 0.29) is 61.7 Å². The van der Waals surface area contributed by atoms with Gasteiger partial charge in [-0.1, -0.05) is 120 Å². The van der Waals surface area contributed by atoms with Crippen LogP contribution in [0.25, 0.3) is 10.8 Å². The summed E-state index contributed by atoms with van der Waals surface area (Å²) in [7, 11) is 1.47. The van der Waals surface area contributed by atoms with Crippen molar-refractivity contribution in [1.82, 2.24) is 4.90 Å². The Hall–Kier alpha value is -6.39. The number of aliphatic hydroxyl groups excluding tert-OH is 2. The molecule has 388 valence electrons. The number of Topliss-reactive ketones (excluding diaryl/α,β-unsaturated/α-hetero) is 1. The topological polar surface area (TPSA) is 209 Å². The molecule has 15 nitrogen and oxygen atoms in total. The zero-order valence-corrected chi connectivity index (χ0v) is 43.5. The Labute approximate surface area is 426 Å². The summed E-state index contributed by atoms with van der Waals surface area (Å²) in [6, 6.07) is 20.1. The number of anilines is 1. The number of allylic oxidation sites excluding steroid dienone is 2. The predicted molar refractivity (Wildman–Crippen MR) is 276 cm³/mol. The highest BCUT2D eigenvalue weighted by molar-refractivity contribution is 6.19. The molecule has 0 saturated carbocycles. The van der Waals surface area contributed by atoms with E-state index in [9.17, 15) is 30.0 Å². The van der Waals surface area contributed by atoms with Crippen LogP contribution in [0.15, 0.2) is 107 Å². The predicted octanol–water partition coefficient (Wildman–Crippen LogP) is 8.38. The van der Waals surface area contributed by atoms with Gasteiger partial charge in [-0.2, -0.15) is 0 Å². The number of rotatable bonds is 7. The van der Waals surface area contributed by atoms with Crippen molar-refractivity contribution in [2.45, 2.75) is 136 Å². The first-order chi connectivity index (χ1) is 34.8. The number of phenols is 2. The first kappa shape index (κ1) is 52.9. The first-order valence-corrected chi connectivity index (χ1v) is 25.5. The number of fused-ring (bicyclic) bond motifs is 1. The maximum atomic E-state index is 15.2. The lowest BCUT2D eigenvalue weighted by Gasteiger charge is -2.48. The summed E-state index contributed by atoms with van der Waals surface area (Å²) in [6.45, 7) is 15.9. The standard InChI is InChI=1S/C58H70N4O11/c1-11-12-27-62-40(38-22-15-13-16-23-38)29-58(30-41(62)39-24-17-14-18-25-39)60-46-43-44-51(66)36(7)54-45(43)55(68)57(9,73-54)71-28-26-42(70-10)33(4)53(72-37(8)63)35(6)50(65)34(5)49(64)31(2)20-19-21-32(3)56(69)59-48(52(44)67)47(46)61-58/h13-26,28,31,33-35,40-42,49-50,53,64-67H,11-12,27,29-30H2,1-10H3,(H,59,69)/b20-19+,28-26+,32-21-/t31-,33+,34+,35+,40-,41+,42-,49-,50+,53+,57-,58?/m0/s1. The number of piperidine rings is 1. The second-order valence-corrected chi connectivity index (χ2v) is 20.6. The fraction of sp³-hybridized carbons (Fsp3) is 0.466. The number of carbonyl (C=O) groups excluding carboxylic acids is 3. The molecular formula is C58H70N4O11. The second-order valence-electron chi connectivity index (χ2n) is 20.6. The van der Waals surface area contributed by atoms with Crippen LogP contribution in [0, 0.1) is 30.6 Å². The van der Waals surface area contributed by atoms with Crippen molar-refractivity contribution in [3.63, 3.8) is 0 Å². The van der Waals surface area contributed by atoms with Crippen LogP contribution in [0.2, 0.25) is 0 Å². The Morgan fingerprint density at radius 1 is 0.849 bits per heavy atom. The molecule has 4 aromatic rings. The van der Waals surface area contributed by atoms with Gasteiger partial charge >= 0.3 is 11.8 Å². The number of nitrogens with one attached hydrogen (secondary N) is 1. The van der Waals surface area contributed by atoms with Crippen molar-refractivity contribution in [2.75, 3.05) is 19.0 Å². The highest BCUT2D eigenvalue weighted by Gasteiger charge is 2.52. The molecule has 1 saturated heterocycles. The number of esters is 1. The van der Waals surface area contributed by atoms with Gasteiger partial charge in [0.2, 0.25) is 0 Å². The Kier molecular flexibility index (Phi) is 15.4. The molecule has 15 heteroatoms. The van der Waals surface area contributed by atoms with Gasteiger partial charge in [-0.3, -0.25) is 29.3 Å². The Morgan fingerprint density at radius 2 is 1.47 bits per heavy atom. The molecule has 73 heavy (non-hydrogen) atoms. The van der Waals surface area contributed by atoms with E-state index >= 15 is 4.79 Å². The molecule has 4 aliphatic rings. The van der Waals surface area contributed by atoms with Crippen LogP contribution in [0.5, 0.6) is 17.2 Å². The van der Waals surface area contributed by atoms with Crippen LogP contribution in [0.1, 0.15) is 120 Å². The zero-order chi connectivity index (χ0) is 52.7. The van der Waals surface area contributed by atoms with E-state index < -0.39 is 88.7 Å². The summed E-state index contributed by atoms with van der Waals surface area (Å²) >= 11 is 0. The molecule has 4 aliphatic heterocycles. The van der Waals surface area contributed by atoms with Crippen molar-refractivity contribution in [1.29, 1.82) is 0 Å². The van der Waals surface area contributed by atoms with Gasteiger partial charge in [0.1, 0.15) is 28.6 Å². The SMILES string of the molecule is CCCCN1[C@@H](c2ccccc2)CC2(C[C@H]1c1ccccc1)N=c1c3c(O)c4c(O)c(C)c5c(c4c1=N2)C(=O)[C@@](C)(O/C=C/[C@H](OC)[C@@H](C)[C@@H](OC(C)=O)[C@H](C)[C@H](O)[C@H](C)[C@@H](O)[C@@H](C)/C=C/C=C(/C)C(=O)N3)O5. The molecule has 12 atom stereocenters. The number of methoxy groups -OCH3 is 1. The molecular weight excluding hydrogens is 929 g/mol. The lowest BCUT2D eigenvalue weighted by atomic mass is 9.78. The Bertz CT molecular complexity index is 2930. The molecule has 1 amide bonds. The largest absolute Gasteiger partial charge is 0.507 e. The van der Waals surface area contributed by atoms with E-state index in [0.29, 0.717) is 12.8 Å². The normalized spacial score (nSPS) is 32.4. The number of amides is 1. The van der Waals surface area contributed by atoms with Gasteiger partial charge in [-0.05, 0) is 44.0 Å². The number of ketones is 1. The van der Waals surface area contributed by atoms with E-state index in [1.165, 1.54) is 27.2 Å². The van der Waals surface area contributed by atoms with Crippen LogP contribution in [0.4, 0.5) is 5.69 Å². The highest BCUT2D eigenvalue weighted by atomic mass is 16.7. The molecule has 0 radical (unpaired) electrons. The van der Waals surface area contributed by atoms with Crippen LogP contribution < -0.4 is 20.8 Å². The lowest BCUT2D eigenvalue weighted by molar-refractivity contribution is -0.160. The highest BCUT2D eigenvalue weighted by Crippen LogP contribution is 2.52. The smallest absolute Gasteiger partial charge is 0.312 e. The number of unbranched alkanes of at least 4 members (excludes halogenated alkanes) is 1. The molecule has 1 spiro atoms. The van der Waals surface area contributed by atoms with Gasteiger partial charge in [-0.25, -0.2) is 0 Å². The molecule has 5 N–H and O–H groups in total. The van der Waals surface area contributed by atoms with Crippen LogP contribution in [-0.2, 0) is 23.8 Å². The van der Waals surface area contributed by atoms with E-state index in [4.69, 9.17) is 28.9 Å². The van der Waals surface area contributed by atoms with Crippen molar-refractivity contribution in [3.05, 3.63) is 130 Å². The summed E-state index contributed by atoms with van der Waals surface area (Å²) in [6.07, 6.45) is 6.65. The Morgan fingerprint density at radius 3 is 2.05 bits per heavy atom. The van der Waals surface area contributed by atoms with Crippen LogP contribution in [0.3, 0.4) is 0 Å². The average Bonchev–Trinajstić information content (AvgIpc) is 3.88. The van der Waals surface area contributed by atoms with E-state index in [1.807, 2.05) is 36.4 Å². The third-order valence-electron chi connectivity index (χ3n) is 15.6. The van der Waals surface area contributed by atoms with E-state index in [0.717, 1.165) is 30.5 Å². The van der Waals surface area contributed by atoms with Gasteiger partial charge in [-0.15, -0.1) is 0 Å². The number of aromatic hydroxyl groups is 2. The molecule has 4 heterocycles. The molecule has 4 bridgehead atoms. The number of nitrogens with zero attached hydrogens (tertiary/aromatic N) is 3. The molecule has 0 aromatic heterocycles. The van der Waals surface area contributed by atoms with Gasteiger partial charge < -0.3 is 44.7 Å². The zero-order valence-electron chi connectivity index (χ0n) is 43.5. The van der Waals surface area contributed by atoms with Crippen LogP contribution >= 0.6 is 0 Å². The van der Waals surface area contributed by atoms with Gasteiger partial charge in [0, 0.05) is 86.1 Å². The number of hydrogen-bond donors (Lipinski definition) is 5. The molecule has 1 fully saturated rings. The molecule has 8 rings (SSSR count). The lowest BCUT2D eigenvalue weighted by Crippen LogP contribution is -2.46. The third-order valence-corrected chi connectivity index (χ3v) is 15.6. The fourth-order valence-electron chi connectivity index (χ4n) is 11.3. The van der Waals surface area contributed by atoms with E-state index in [1.54, 1.807) is 65.8 Å². The monoisotopic (exact) mass is 999 g/mol. The fourth-order valence-corrected chi connectivity index (χ4v) is 11.3. The summed E-state index contributed by atoms with van der Waals surface area (Å²) < 4.78 is 24.4. The second kappa shape index (κ2) is 21.2. The van der Waals surface area contributed by atoms with E-state index in [2.05, 4.69) is 41.4 Å². The quantitative estimate of drug-likeness (QED) is 0.0874. The van der Waals surface area contributed by atoms with Gasteiger partial charge in [0.25, 0.3) is 11.7 Å². The number of ether oxygens (including phenoxy) is 4. The average molecular weight is 999 g/mol. The Balaban J connectivity index is 1.35. The van der Waals surface area contributed by atoms with Crippen molar-refractivity contribution in [3.8, 4) is 17.2 Å². The van der Waals surface area contributed by atoms with Gasteiger partial charge in [0.15, 0.2) is 11.4 Å². The molecule has 1 unspecified atom stereocenters. The van der Waals surface area contributed by atoms with Gasteiger partial charge in [0.05, 0.1) is 40.9 Å². The molecule has 0 aliphatic carbocycles. The van der Waals surface area contributed by atoms with Crippen molar-refractivity contribution in [2.24, 2.45) is 33.7 Å². The maximum Gasteiger partial charge on any atom is 0.312 e. The number of likely N-dealkylation sites (tertiary alicyclic amines) is 1. The third kappa shape index (κ3) is 9.92. The summed E-state index contributed by atoms with van der Waals surface area (Å²) in [4.78, 5) is 55.6. The summed E-state index contributed by atoms with van der Waals surface area (Å²) in [5.41, 5.74) is 1.24. The minimum atomic E-state index is -2.01. The number of hydrogen-bond acceptors (Lipinski definition) is 14. The molecule has 4 aromatic carbocycles. The minimum Gasteiger partial charge on any atom is -0.507 e. The summed E-state index contributed by atoms with van der Waals surface area (Å²) in [5.74, 6) is -7.17. The number of benzene rings is 4. The van der Waals surface area contributed by atoms with Crippen molar-refractivity contribution < 1.29 is 53.8 Å². The maximum absolute atomic E-state index is 15.2. The first-order valence-electron chi connectivity index (χ1n) is 25.5. The summed E-state index contributed by atoms with van der Waals surface area (Å²) in [5, 5.41) is 51.3. The number of carbonyl (C=O) groups is 3. The number of phenolic OH excluding ortho intramolecular Hbond substituents is 2. The van der Waals surface area contributed by atoms with Crippen molar-refractivity contribution >= 4 is 34.1 Å².